The van der Waals surface area contributed by atoms with E-state index in [0.717, 1.165) is 27.9 Å². The molecule has 0 atom stereocenters. The smallest absolute Gasteiger partial charge is 0.250 e. The molecule has 0 saturated heterocycles. The topological polar surface area (TPSA) is 49.4 Å². The maximum absolute atomic E-state index is 12.0. The maximum Gasteiger partial charge on any atom is 0.250 e. The fourth-order valence-electron chi connectivity index (χ4n) is 1.41. The second-order valence-corrected chi connectivity index (χ2v) is 8.83. The van der Waals surface area contributed by atoms with Crippen molar-refractivity contribution in [2.45, 2.75) is 18.1 Å². The summed E-state index contributed by atoms with van der Waals surface area (Å²) in [7, 11) is -3.39. The molecular weight excluding hydrogens is 404 g/mol. The fourth-order valence-corrected chi connectivity index (χ4v) is 5.29. The zero-order valence-electron chi connectivity index (χ0n) is 10.2. The molecule has 8 heteroatoms. The first-order chi connectivity index (χ1) is 8.40. The van der Waals surface area contributed by atoms with Crippen LogP contribution in [0.15, 0.2) is 18.5 Å². The van der Waals surface area contributed by atoms with Crippen LogP contribution in [0.5, 0.6) is 0 Å². The molecule has 0 aliphatic rings. The van der Waals surface area contributed by atoms with E-state index >= 15 is 0 Å². The van der Waals surface area contributed by atoms with E-state index in [4.69, 9.17) is 0 Å². The van der Waals surface area contributed by atoms with Crippen molar-refractivity contribution < 1.29 is 8.42 Å². The standard InChI is InChI=1S/C10H16Br2N2O2S2/c1-3-14(4-2)6-5-13-18(15,16)9-7-8(11)10(12)17-9/h7,13H,3-6H2,1-2H3. The summed E-state index contributed by atoms with van der Waals surface area (Å²) in [5.41, 5.74) is 0. The molecule has 0 aromatic carbocycles. The molecule has 0 bridgehead atoms. The normalized spacial score (nSPS) is 12.3. The molecule has 18 heavy (non-hydrogen) atoms. The predicted molar refractivity (Wildman–Crippen MR) is 82.7 cm³/mol. The summed E-state index contributed by atoms with van der Waals surface area (Å²) in [5, 5.41) is 0. The SMILES string of the molecule is CCN(CC)CCNS(=O)(=O)c1cc(Br)c(Br)s1. The van der Waals surface area contributed by atoms with Gasteiger partial charge in [-0.05, 0) is 51.0 Å². The lowest BCUT2D eigenvalue weighted by molar-refractivity contribution is 0.309. The number of nitrogens with one attached hydrogen (secondary N) is 1. The monoisotopic (exact) mass is 418 g/mol. The molecule has 1 heterocycles. The lowest BCUT2D eigenvalue weighted by Gasteiger charge is -2.17. The summed E-state index contributed by atoms with van der Waals surface area (Å²) < 4.78 is 28.5. The number of rotatable bonds is 7. The molecular formula is C10H16Br2N2O2S2. The number of thiophene rings is 1. The summed E-state index contributed by atoms with van der Waals surface area (Å²) in [6.45, 7) is 7.12. The van der Waals surface area contributed by atoms with Gasteiger partial charge < -0.3 is 4.90 Å². The summed E-state index contributed by atoms with van der Waals surface area (Å²) >= 11 is 7.78. The minimum Gasteiger partial charge on any atom is -0.303 e. The first kappa shape index (κ1) is 16.6. The van der Waals surface area contributed by atoms with Crippen LogP contribution in [0.25, 0.3) is 0 Å². The van der Waals surface area contributed by atoms with Crippen LogP contribution < -0.4 is 4.72 Å². The van der Waals surface area contributed by atoms with Gasteiger partial charge >= 0.3 is 0 Å². The van der Waals surface area contributed by atoms with E-state index in [1.807, 2.05) is 0 Å². The summed E-state index contributed by atoms with van der Waals surface area (Å²) in [5.74, 6) is 0. The Morgan fingerprint density at radius 2 is 1.94 bits per heavy atom. The van der Waals surface area contributed by atoms with E-state index in [0.29, 0.717) is 10.8 Å². The van der Waals surface area contributed by atoms with Crippen molar-refractivity contribution in [3.8, 4) is 0 Å². The van der Waals surface area contributed by atoms with Crippen molar-refractivity contribution in [3.05, 3.63) is 14.3 Å². The van der Waals surface area contributed by atoms with Crippen LogP contribution >= 0.6 is 43.2 Å². The molecule has 104 valence electrons. The van der Waals surface area contributed by atoms with Gasteiger partial charge in [-0.25, -0.2) is 13.1 Å². The molecule has 0 saturated carbocycles. The molecule has 0 spiro atoms. The van der Waals surface area contributed by atoms with Gasteiger partial charge in [0.1, 0.15) is 4.21 Å². The molecule has 1 aromatic heterocycles. The number of hydrogen-bond donors (Lipinski definition) is 1. The molecule has 4 nitrogen and oxygen atoms in total. The Morgan fingerprint density at radius 3 is 2.39 bits per heavy atom. The van der Waals surface area contributed by atoms with Gasteiger partial charge in [-0.15, -0.1) is 11.3 Å². The van der Waals surface area contributed by atoms with Gasteiger partial charge in [0.25, 0.3) is 0 Å². The molecule has 1 N–H and O–H groups in total. The molecule has 0 fully saturated rings. The van der Waals surface area contributed by atoms with Crippen LogP contribution in [0, 0.1) is 0 Å². The van der Waals surface area contributed by atoms with Crippen LogP contribution in [0.4, 0.5) is 0 Å². The Morgan fingerprint density at radius 1 is 1.33 bits per heavy atom. The second kappa shape index (κ2) is 7.35. The minimum atomic E-state index is -3.39. The third-order valence-electron chi connectivity index (χ3n) is 2.50. The average molecular weight is 420 g/mol. The van der Waals surface area contributed by atoms with E-state index < -0.39 is 10.0 Å². The Bertz CT molecular complexity index is 465. The van der Waals surface area contributed by atoms with E-state index in [1.54, 1.807) is 6.07 Å². The molecule has 0 radical (unpaired) electrons. The molecule has 0 amide bonds. The molecule has 0 aliphatic carbocycles. The van der Waals surface area contributed by atoms with Crippen molar-refractivity contribution in [1.29, 1.82) is 0 Å². The highest BCUT2D eigenvalue weighted by atomic mass is 79.9. The number of nitrogens with zero attached hydrogens (tertiary/aromatic N) is 1. The summed E-state index contributed by atoms with van der Waals surface area (Å²) in [6, 6.07) is 1.61. The highest BCUT2D eigenvalue weighted by Gasteiger charge is 2.18. The summed E-state index contributed by atoms with van der Waals surface area (Å²) in [4.78, 5) is 2.17. The van der Waals surface area contributed by atoms with E-state index in [9.17, 15) is 8.42 Å². The molecule has 1 rings (SSSR count). The van der Waals surface area contributed by atoms with Crippen molar-refractivity contribution in [2.75, 3.05) is 26.2 Å². The van der Waals surface area contributed by atoms with Crippen molar-refractivity contribution in [2.24, 2.45) is 0 Å². The third kappa shape index (κ3) is 4.57. The van der Waals surface area contributed by atoms with Crippen LogP contribution in [0.2, 0.25) is 0 Å². The zero-order chi connectivity index (χ0) is 13.8. The summed E-state index contributed by atoms with van der Waals surface area (Å²) in [6.07, 6.45) is 0. The quantitative estimate of drug-likeness (QED) is 0.739. The second-order valence-electron chi connectivity index (χ2n) is 3.61. The number of halogens is 2. The van der Waals surface area contributed by atoms with Gasteiger partial charge in [0.2, 0.25) is 10.0 Å². The number of likely N-dealkylation sites (N-methyl/N-ethyl adjacent to an activating group) is 1. The Labute approximate surface area is 129 Å². The predicted octanol–water partition coefficient (Wildman–Crippen LogP) is 2.89. The van der Waals surface area contributed by atoms with Crippen LogP contribution in [0.1, 0.15) is 13.8 Å². The lowest BCUT2D eigenvalue weighted by atomic mass is 10.5. The van der Waals surface area contributed by atoms with Crippen LogP contribution in [-0.2, 0) is 10.0 Å². The Hall–Kier alpha value is 0.530. The van der Waals surface area contributed by atoms with Crippen LogP contribution in [0.3, 0.4) is 0 Å². The maximum atomic E-state index is 12.0. The number of hydrogen-bond acceptors (Lipinski definition) is 4. The van der Waals surface area contributed by atoms with E-state index in [-0.39, 0.29) is 0 Å². The van der Waals surface area contributed by atoms with E-state index in [2.05, 4.69) is 55.3 Å². The average Bonchev–Trinajstić information content (AvgIpc) is 2.66. The first-order valence-electron chi connectivity index (χ1n) is 5.57. The Balaban J connectivity index is 2.60. The van der Waals surface area contributed by atoms with Gasteiger partial charge in [0, 0.05) is 17.6 Å². The van der Waals surface area contributed by atoms with Crippen molar-refractivity contribution >= 4 is 53.2 Å². The fraction of sp³-hybridized carbons (Fsp3) is 0.600. The zero-order valence-corrected chi connectivity index (χ0v) is 15.0. The minimum absolute atomic E-state index is 0.320. The van der Waals surface area contributed by atoms with E-state index in [1.165, 1.54) is 11.3 Å². The number of sulfonamides is 1. The highest BCUT2D eigenvalue weighted by molar-refractivity contribution is 9.13. The van der Waals surface area contributed by atoms with Gasteiger partial charge in [0.05, 0.1) is 3.79 Å². The lowest BCUT2D eigenvalue weighted by Crippen LogP contribution is -2.34. The molecule has 0 unspecified atom stereocenters. The Kier molecular flexibility index (Phi) is 6.77. The third-order valence-corrected chi connectivity index (χ3v) is 7.69. The molecule has 1 aromatic rings. The van der Waals surface area contributed by atoms with Gasteiger partial charge in [-0.2, -0.15) is 0 Å². The van der Waals surface area contributed by atoms with Gasteiger partial charge in [0.15, 0.2) is 0 Å². The van der Waals surface area contributed by atoms with Gasteiger partial charge in [-0.3, -0.25) is 0 Å². The highest BCUT2D eigenvalue weighted by Crippen LogP contribution is 2.34. The first-order valence-corrected chi connectivity index (χ1v) is 9.46. The van der Waals surface area contributed by atoms with Crippen molar-refractivity contribution in [1.82, 2.24) is 9.62 Å². The van der Waals surface area contributed by atoms with Crippen molar-refractivity contribution in [3.63, 3.8) is 0 Å². The largest absolute Gasteiger partial charge is 0.303 e. The van der Waals surface area contributed by atoms with Crippen LogP contribution in [-0.4, -0.2) is 39.5 Å². The molecule has 0 aliphatic heterocycles. The van der Waals surface area contributed by atoms with Gasteiger partial charge in [-0.1, -0.05) is 13.8 Å².